The number of hydrogen-bond acceptors (Lipinski definition) is 4. The molecule has 128 valence electrons. The zero-order valence-corrected chi connectivity index (χ0v) is 13.9. The first-order valence-corrected chi connectivity index (χ1v) is 8.36. The standard InChI is InChI=1S/C20H20N2O3/c21-11-10-15-6-8-17(9-7-15)22-20(23)16-3-1-4-18(13-16)25-14-19-5-2-12-24-19/h1,3-4,6-9,13,19H,2,5,10,12,14H2,(H,22,23). The van der Waals surface area contributed by atoms with Crippen LogP contribution in [0.1, 0.15) is 28.8 Å². The van der Waals surface area contributed by atoms with Gasteiger partial charge in [-0.25, -0.2) is 0 Å². The van der Waals surface area contributed by atoms with Crippen molar-refractivity contribution < 1.29 is 14.3 Å². The molecule has 1 N–H and O–H groups in total. The summed E-state index contributed by atoms with van der Waals surface area (Å²) in [6, 6.07) is 16.5. The summed E-state index contributed by atoms with van der Waals surface area (Å²) in [4.78, 5) is 12.4. The number of anilines is 1. The van der Waals surface area contributed by atoms with Crippen molar-refractivity contribution in [3.8, 4) is 11.8 Å². The second kappa shape index (κ2) is 8.32. The van der Waals surface area contributed by atoms with Crippen LogP contribution in [-0.2, 0) is 11.2 Å². The number of carbonyl (C=O) groups is 1. The van der Waals surface area contributed by atoms with Crippen molar-refractivity contribution in [3.63, 3.8) is 0 Å². The molecule has 25 heavy (non-hydrogen) atoms. The molecule has 0 saturated carbocycles. The summed E-state index contributed by atoms with van der Waals surface area (Å²) in [5, 5.41) is 11.5. The molecule has 1 unspecified atom stereocenters. The first-order valence-electron chi connectivity index (χ1n) is 8.36. The van der Waals surface area contributed by atoms with Gasteiger partial charge in [0.1, 0.15) is 12.4 Å². The van der Waals surface area contributed by atoms with Gasteiger partial charge in [-0.05, 0) is 48.7 Å². The minimum Gasteiger partial charge on any atom is -0.491 e. The van der Waals surface area contributed by atoms with Crippen LogP contribution < -0.4 is 10.1 Å². The second-order valence-electron chi connectivity index (χ2n) is 5.96. The molecule has 1 aliphatic rings. The topological polar surface area (TPSA) is 71.4 Å². The second-order valence-corrected chi connectivity index (χ2v) is 5.96. The van der Waals surface area contributed by atoms with Gasteiger partial charge in [0, 0.05) is 17.9 Å². The lowest BCUT2D eigenvalue weighted by Gasteiger charge is -2.12. The van der Waals surface area contributed by atoms with E-state index < -0.39 is 0 Å². The lowest BCUT2D eigenvalue weighted by molar-refractivity contribution is 0.0679. The van der Waals surface area contributed by atoms with Crippen LogP contribution in [0.3, 0.4) is 0 Å². The van der Waals surface area contributed by atoms with Crippen molar-refractivity contribution in [2.75, 3.05) is 18.5 Å². The largest absolute Gasteiger partial charge is 0.491 e. The van der Waals surface area contributed by atoms with E-state index in [9.17, 15) is 4.79 Å². The summed E-state index contributed by atoms with van der Waals surface area (Å²) in [7, 11) is 0. The third-order valence-electron chi connectivity index (χ3n) is 4.05. The van der Waals surface area contributed by atoms with Gasteiger partial charge in [-0.3, -0.25) is 4.79 Å². The molecule has 1 heterocycles. The first kappa shape index (κ1) is 17.0. The Morgan fingerprint density at radius 3 is 2.84 bits per heavy atom. The SMILES string of the molecule is N#CCc1ccc(NC(=O)c2cccc(OCC3CCCO3)c2)cc1. The molecule has 1 saturated heterocycles. The Labute approximate surface area is 147 Å². The molecule has 3 rings (SSSR count). The van der Waals surface area contributed by atoms with E-state index in [4.69, 9.17) is 14.7 Å². The maximum absolute atomic E-state index is 12.4. The highest BCUT2D eigenvalue weighted by atomic mass is 16.5. The smallest absolute Gasteiger partial charge is 0.255 e. The van der Waals surface area contributed by atoms with Crippen LogP contribution in [-0.4, -0.2) is 25.2 Å². The van der Waals surface area contributed by atoms with E-state index >= 15 is 0 Å². The minimum atomic E-state index is -0.199. The third kappa shape index (κ3) is 4.82. The molecule has 1 aliphatic heterocycles. The van der Waals surface area contributed by atoms with Crippen molar-refractivity contribution >= 4 is 11.6 Å². The minimum absolute atomic E-state index is 0.143. The van der Waals surface area contributed by atoms with Crippen molar-refractivity contribution in [1.29, 1.82) is 5.26 Å². The molecule has 2 aromatic rings. The normalized spacial score (nSPS) is 16.2. The third-order valence-corrected chi connectivity index (χ3v) is 4.05. The van der Waals surface area contributed by atoms with Crippen molar-refractivity contribution in [2.24, 2.45) is 0 Å². The lowest BCUT2D eigenvalue weighted by Crippen LogP contribution is -2.17. The van der Waals surface area contributed by atoms with E-state index in [0.29, 0.717) is 30.0 Å². The Morgan fingerprint density at radius 2 is 2.12 bits per heavy atom. The Balaban J connectivity index is 1.59. The highest BCUT2D eigenvalue weighted by Crippen LogP contribution is 2.18. The average Bonchev–Trinajstić information content (AvgIpc) is 3.16. The lowest BCUT2D eigenvalue weighted by atomic mass is 10.1. The number of amides is 1. The number of ether oxygens (including phenoxy) is 2. The van der Waals surface area contributed by atoms with Gasteiger partial charge in [0.05, 0.1) is 18.6 Å². The number of rotatable bonds is 6. The molecule has 0 bridgehead atoms. The van der Waals surface area contributed by atoms with Crippen molar-refractivity contribution in [1.82, 2.24) is 0 Å². The van der Waals surface area contributed by atoms with Gasteiger partial charge in [0.2, 0.25) is 0 Å². The van der Waals surface area contributed by atoms with Crippen molar-refractivity contribution in [2.45, 2.75) is 25.4 Å². The first-order chi connectivity index (χ1) is 12.2. The van der Waals surface area contributed by atoms with E-state index in [0.717, 1.165) is 25.0 Å². The van der Waals surface area contributed by atoms with E-state index in [1.54, 1.807) is 30.3 Å². The van der Waals surface area contributed by atoms with Crippen molar-refractivity contribution in [3.05, 3.63) is 59.7 Å². The Hall–Kier alpha value is -2.84. The van der Waals surface area contributed by atoms with Crippen LogP contribution in [0.15, 0.2) is 48.5 Å². The summed E-state index contributed by atoms with van der Waals surface area (Å²) in [6.45, 7) is 1.30. The molecular weight excluding hydrogens is 316 g/mol. The molecule has 1 amide bonds. The number of benzene rings is 2. The van der Waals surface area contributed by atoms with E-state index in [2.05, 4.69) is 11.4 Å². The Bertz CT molecular complexity index is 759. The summed E-state index contributed by atoms with van der Waals surface area (Å²) in [5.74, 6) is 0.461. The molecule has 1 atom stereocenters. The van der Waals surface area contributed by atoms with Gasteiger partial charge < -0.3 is 14.8 Å². The molecule has 5 heteroatoms. The molecule has 0 radical (unpaired) electrons. The molecular formula is C20H20N2O3. The molecule has 0 spiro atoms. The van der Waals surface area contributed by atoms with Gasteiger partial charge in [-0.2, -0.15) is 5.26 Å². The van der Waals surface area contributed by atoms with Crippen LogP contribution in [0.2, 0.25) is 0 Å². The van der Waals surface area contributed by atoms with Gasteiger partial charge in [-0.15, -0.1) is 0 Å². The Morgan fingerprint density at radius 1 is 1.28 bits per heavy atom. The number of hydrogen-bond donors (Lipinski definition) is 1. The number of carbonyl (C=O) groups excluding carboxylic acids is 1. The predicted octanol–water partition coefficient (Wildman–Crippen LogP) is 3.56. The fourth-order valence-electron chi connectivity index (χ4n) is 2.69. The number of nitriles is 1. The Kier molecular flexibility index (Phi) is 5.65. The van der Waals surface area contributed by atoms with Crippen LogP contribution in [0, 0.1) is 11.3 Å². The average molecular weight is 336 g/mol. The molecule has 0 aliphatic carbocycles. The van der Waals surface area contributed by atoms with E-state index in [-0.39, 0.29) is 12.0 Å². The van der Waals surface area contributed by atoms with Crippen LogP contribution in [0.4, 0.5) is 5.69 Å². The molecule has 1 fully saturated rings. The predicted molar refractivity (Wildman–Crippen MR) is 94.6 cm³/mol. The van der Waals surface area contributed by atoms with Gasteiger partial charge in [0.25, 0.3) is 5.91 Å². The van der Waals surface area contributed by atoms with E-state index in [1.807, 2.05) is 18.2 Å². The number of nitrogens with zero attached hydrogens (tertiary/aromatic N) is 1. The molecule has 2 aromatic carbocycles. The summed E-state index contributed by atoms with van der Waals surface area (Å²) >= 11 is 0. The van der Waals surface area contributed by atoms with Gasteiger partial charge in [-0.1, -0.05) is 18.2 Å². The maximum Gasteiger partial charge on any atom is 0.255 e. The fourth-order valence-corrected chi connectivity index (χ4v) is 2.69. The van der Waals surface area contributed by atoms with Crippen LogP contribution >= 0.6 is 0 Å². The molecule has 0 aromatic heterocycles. The monoisotopic (exact) mass is 336 g/mol. The van der Waals surface area contributed by atoms with Gasteiger partial charge in [0.15, 0.2) is 0 Å². The fraction of sp³-hybridized carbons (Fsp3) is 0.300. The summed E-state index contributed by atoms with van der Waals surface area (Å²) in [6.07, 6.45) is 2.59. The number of nitrogens with one attached hydrogen (secondary N) is 1. The van der Waals surface area contributed by atoms with Crippen LogP contribution in [0.5, 0.6) is 5.75 Å². The maximum atomic E-state index is 12.4. The van der Waals surface area contributed by atoms with Crippen LogP contribution in [0.25, 0.3) is 0 Å². The van der Waals surface area contributed by atoms with Gasteiger partial charge >= 0.3 is 0 Å². The zero-order valence-electron chi connectivity index (χ0n) is 13.9. The van der Waals surface area contributed by atoms with E-state index in [1.165, 1.54) is 0 Å². The zero-order chi connectivity index (χ0) is 17.5. The summed E-state index contributed by atoms with van der Waals surface area (Å²) < 4.78 is 11.3. The highest BCUT2D eigenvalue weighted by molar-refractivity contribution is 6.04. The molecule has 5 nitrogen and oxygen atoms in total. The summed E-state index contributed by atoms with van der Waals surface area (Å²) in [5.41, 5.74) is 2.15. The highest BCUT2D eigenvalue weighted by Gasteiger charge is 2.16. The quantitative estimate of drug-likeness (QED) is 0.875.